The predicted octanol–water partition coefficient (Wildman–Crippen LogP) is 2.40. The number of hydrogen-bond acceptors (Lipinski definition) is 3. The van der Waals surface area contributed by atoms with Crippen molar-refractivity contribution in [3.63, 3.8) is 0 Å². The van der Waals surface area contributed by atoms with Crippen molar-refractivity contribution < 1.29 is 9.59 Å². The minimum Gasteiger partial charge on any atom is -0.302 e. The summed E-state index contributed by atoms with van der Waals surface area (Å²) >= 11 is 0. The van der Waals surface area contributed by atoms with Crippen molar-refractivity contribution in [2.24, 2.45) is 0 Å². The molecule has 2 amide bonds. The third-order valence-corrected chi connectivity index (χ3v) is 3.60. The van der Waals surface area contributed by atoms with Gasteiger partial charge in [0, 0.05) is 13.1 Å². The molecule has 0 saturated heterocycles. The molecule has 0 bridgehead atoms. The van der Waals surface area contributed by atoms with Gasteiger partial charge in [-0.05, 0) is 38.1 Å². The van der Waals surface area contributed by atoms with E-state index >= 15 is 0 Å². The first kappa shape index (κ1) is 14.7. The molecule has 0 saturated carbocycles. The molecule has 108 valence electrons. The summed E-state index contributed by atoms with van der Waals surface area (Å²) in [6.07, 6.45) is 2.17. The Morgan fingerprint density at radius 1 is 0.900 bits per heavy atom. The van der Waals surface area contributed by atoms with E-state index in [-0.39, 0.29) is 11.8 Å². The molecule has 20 heavy (non-hydrogen) atoms. The summed E-state index contributed by atoms with van der Waals surface area (Å²) in [5.41, 5.74) is 1.07. The number of imide groups is 1. The number of nitrogens with zero attached hydrogens (tertiary/aromatic N) is 2. The van der Waals surface area contributed by atoms with Crippen molar-refractivity contribution in [2.45, 2.75) is 26.7 Å². The molecule has 0 aliphatic carbocycles. The summed E-state index contributed by atoms with van der Waals surface area (Å²) in [7, 11) is 0. The van der Waals surface area contributed by atoms with E-state index in [1.54, 1.807) is 24.3 Å². The maximum atomic E-state index is 12.2. The molecule has 0 unspecified atom stereocenters. The zero-order valence-electron chi connectivity index (χ0n) is 12.3. The summed E-state index contributed by atoms with van der Waals surface area (Å²) in [5, 5.41) is 0. The topological polar surface area (TPSA) is 40.6 Å². The SMILES string of the molecule is CCCN(CCC)CCN1C(=O)c2ccccc2C1=O. The fourth-order valence-electron chi connectivity index (χ4n) is 2.65. The van der Waals surface area contributed by atoms with Gasteiger partial charge in [0.25, 0.3) is 11.8 Å². The van der Waals surface area contributed by atoms with Gasteiger partial charge in [-0.1, -0.05) is 26.0 Å². The van der Waals surface area contributed by atoms with Gasteiger partial charge in [0.15, 0.2) is 0 Å². The molecule has 0 fully saturated rings. The van der Waals surface area contributed by atoms with Crippen LogP contribution in [0.2, 0.25) is 0 Å². The van der Waals surface area contributed by atoms with Crippen LogP contribution in [0.3, 0.4) is 0 Å². The van der Waals surface area contributed by atoms with Crippen LogP contribution in [0, 0.1) is 0 Å². The maximum absolute atomic E-state index is 12.2. The van der Waals surface area contributed by atoms with Crippen LogP contribution < -0.4 is 0 Å². The second-order valence-corrected chi connectivity index (χ2v) is 5.15. The number of carbonyl (C=O) groups is 2. The number of carbonyl (C=O) groups excluding carboxylic acids is 2. The lowest BCUT2D eigenvalue weighted by atomic mass is 10.1. The number of amides is 2. The Hall–Kier alpha value is -1.68. The van der Waals surface area contributed by atoms with E-state index in [4.69, 9.17) is 0 Å². The number of benzene rings is 1. The normalized spacial score (nSPS) is 14.2. The summed E-state index contributed by atoms with van der Waals surface area (Å²) < 4.78 is 0. The molecule has 0 aromatic heterocycles. The van der Waals surface area contributed by atoms with Crippen LogP contribution in [0.5, 0.6) is 0 Å². The first-order chi connectivity index (χ1) is 9.69. The van der Waals surface area contributed by atoms with E-state index < -0.39 is 0 Å². The summed E-state index contributed by atoms with van der Waals surface area (Å²) in [6.45, 7) is 7.54. The fraction of sp³-hybridized carbons (Fsp3) is 0.500. The molecule has 1 heterocycles. The first-order valence-electron chi connectivity index (χ1n) is 7.36. The molecule has 1 aliphatic rings. The van der Waals surface area contributed by atoms with Crippen LogP contribution >= 0.6 is 0 Å². The Balaban J connectivity index is 2.01. The molecule has 1 aromatic rings. The third kappa shape index (κ3) is 2.90. The summed E-state index contributed by atoms with van der Waals surface area (Å²) in [4.78, 5) is 28.1. The van der Waals surface area contributed by atoms with Gasteiger partial charge in [0.1, 0.15) is 0 Å². The molecule has 2 rings (SSSR count). The molecular weight excluding hydrogens is 252 g/mol. The minimum absolute atomic E-state index is 0.154. The van der Waals surface area contributed by atoms with E-state index in [1.807, 2.05) is 0 Å². The Bertz CT molecular complexity index is 458. The zero-order valence-corrected chi connectivity index (χ0v) is 12.3. The average molecular weight is 274 g/mol. The number of rotatable bonds is 7. The molecule has 1 aliphatic heterocycles. The molecule has 0 radical (unpaired) electrons. The van der Waals surface area contributed by atoms with Crippen LogP contribution in [0.4, 0.5) is 0 Å². The van der Waals surface area contributed by atoms with Gasteiger partial charge in [-0.25, -0.2) is 0 Å². The Morgan fingerprint density at radius 2 is 1.40 bits per heavy atom. The van der Waals surface area contributed by atoms with Crippen LogP contribution in [-0.2, 0) is 0 Å². The van der Waals surface area contributed by atoms with E-state index in [0.717, 1.165) is 32.5 Å². The third-order valence-electron chi connectivity index (χ3n) is 3.60. The highest BCUT2D eigenvalue weighted by Crippen LogP contribution is 2.22. The van der Waals surface area contributed by atoms with Gasteiger partial charge in [0.2, 0.25) is 0 Å². The standard InChI is InChI=1S/C16H22N2O2/c1-3-9-17(10-4-2)11-12-18-15(19)13-7-5-6-8-14(13)16(18)20/h5-8H,3-4,9-12H2,1-2H3. The van der Waals surface area contributed by atoms with Gasteiger partial charge in [-0.3, -0.25) is 14.5 Å². The van der Waals surface area contributed by atoms with Crippen molar-refractivity contribution in [3.8, 4) is 0 Å². The van der Waals surface area contributed by atoms with Gasteiger partial charge in [-0.2, -0.15) is 0 Å². The van der Waals surface area contributed by atoms with E-state index in [2.05, 4.69) is 18.7 Å². The predicted molar refractivity (Wildman–Crippen MR) is 78.8 cm³/mol. The van der Waals surface area contributed by atoms with Gasteiger partial charge < -0.3 is 4.90 Å². The number of fused-ring (bicyclic) bond motifs is 1. The van der Waals surface area contributed by atoms with Crippen LogP contribution in [0.15, 0.2) is 24.3 Å². The Kier molecular flexibility index (Phi) is 4.90. The average Bonchev–Trinajstić information content (AvgIpc) is 2.70. The van der Waals surface area contributed by atoms with E-state index in [1.165, 1.54) is 4.90 Å². The van der Waals surface area contributed by atoms with Crippen molar-refractivity contribution >= 4 is 11.8 Å². The smallest absolute Gasteiger partial charge is 0.261 e. The molecule has 0 N–H and O–H groups in total. The van der Waals surface area contributed by atoms with Crippen molar-refractivity contribution in [2.75, 3.05) is 26.2 Å². The molecule has 1 aromatic carbocycles. The maximum Gasteiger partial charge on any atom is 0.261 e. The lowest BCUT2D eigenvalue weighted by molar-refractivity contribution is 0.0636. The largest absolute Gasteiger partial charge is 0.302 e. The molecule has 4 heteroatoms. The summed E-state index contributed by atoms with van der Waals surface area (Å²) in [6, 6.07) is 7.05. The molecular formula is C16H22N2O2. The first-order valence-corrected chi connectivity index (χ1v) is 7.36. The highest BCUT2D eigenvalue weighted by Gasteiger charge is 2.34. The molecule has 0 atom stereocenters. The Morgan fingerprint density at radius 3 is 1.85 bits per heavy atom. The monoisotopic (exact) mass is 274 g/mol. The zero-order chi connectivity index (χ0) is 14.5. The van der Waals surface area contributed by atoms with Crippen molar-refractivity contribution in [1.82, 2.24) is 9.80 Å². The van der Waals surface area contributed by atoms with Gasteiger partial charge in [0.05, 0.1) is 11.1 Å². The highest BCUT2D eigenvalue weighted by atomic mass is 16.2. The lowest BCUT2D eigenvalue weighted by Crippen LogP contribution is -2.38. The minimum atomic E-state index is -0.154. The second-order valence-electron chi connectivity index (χ2n) is 5.15. The molecule has 4 nitrogen and oxygen atoms in total. The number of hydrogen-bond donors (Lipinski definition) is 0. The Labute approximate surface area is 120 Å². The van der Waals surface area contributed by atoms with E-state index in [0.29, 0.717) is 17.7 Å². The summed E-state index contributed by atoms with van der Waals surface area (Å²) in [5.74, 6) is -0.308. The molecule has 0 spiro atoms. The quantitative estimate of drug-likeness (QED) is 0.717. The highest BCUT2D eigenvalue weighted by molar-refractivity contribution is 6.21. The van der Waals surface area contributed by atoms with Crippen LogP contribution in [0.25, 0.3) is 0 Å². The van der Waals surface area contributed by atoms with Crippen LogP contribution in [-0.4, -0.2) is 47.8 Å². The van der Waals surface area contributed by atoms with Crippen LogP contribution in [0.1, 0.15) is 47.4 Å². The van der Waals surface area contributed by atoms with Crippen molar-refractivity contribution in [3.05, 3.63) is 35.4 Å². The second kappa shape index (κ2) is 6.66. The van der Waals surface area contributed by atoms with Gasteiger partial charge in [-0.15, -0.1) is 0 Å². The van der Waals surface area contributed by atoms with Gasteiger partial charge >= 0.3 is 0 Å². The van der Waals surface area contributed by atoms with Crippen molar-refractivity contribution in [1.29, 1.82) is 0 Å². The fourth-order valence-corrected chi connectivity index (χ4v) is 2.65. The van der Waals surface area contributed by atoms with E-state index in [9.17, 15) is 9.59 Å². The lowest BCUT2D eigenvalue weighted by Gasteiger charge is -2.23.